The molecule has 4 aromatic rings. The number of hydrogen-bond acceptors (Lipinski definition) is 3. The average Bonchev–Trinajstić information content (AvgIpc) is 3.37. The van der Waals surface area contributed by atoms with Crippen molar-refractivity contribution in [2.75, 3.05) is 6.54 Å². The molecule has 29 heavy (non-hydrogen) atoms. The van der Waals surface area contributed by atoms with Crippen LogP contribution >= 0.6 is 0 Å². The lowest BCUT2D eigenvalue weighted by Crippen LogP contribution is -2.35. The highest BCUT2D eigenvalue weighted by atomic mass is 16.5. The molecule has 0 aliphatic carbocycles. The number of carbonyl (C=O) groups excluding carboxylic acids is 1. The summed E-state index contributed by atoms with van der Waals surface area (Å²) in [4.78, 5) is 19.8. The van der Waals surface area contributed by atoms with Crippen LogP contribution in [0.1, 0.15) is 11.1 Å². The summed E-state index contributed by atoms with van der Waals surface area (Å²) in [6.45, 7) is 0.492. The van der Waals surface area contributed by atoms with E-state index in [4.69, 9.17) is 4.74 Å². The van der Waals surface area contributed by atoms with Gasteiger partial charge >= 0.3 is 0 Å². The number of benzene rings is 2. The lowest BCUT2D eigenvalue weighted by molar-refractivity contribution is -0.120. The molecule has 1 aliphatic heterocycles. The Balaban J connectivity index is 1.24. The van der Waals surface area contributed by atoms with Crippen LogP contribution in [0.2, 0.25) is 0 Å². The monoisotopic (exact) mass is 383 g/mol. The Bertz CT molecular complexity index is 1170. The van der Waals surface area contributed by atoms with Gasteiger partial charge in [-0.05, 0) is 34.9 Å². The average molecular weight is 383 g/mol. The van der Waals surface area contributed by atoms with Crippen molar-refractivity contribution < 1.29 is 9.53 Å². The third-order valence-electron chi connectivity index (χ3n) is 5.37. The van der Waals surface area contributed by atoms with E-state index in [0.29, 0.717) is 13.0 Å². The van der Waals surface area contributed by atoms with Gasteiger partial charge in [0.25, 0.3) is 0 Å². The van der Waals surface area contributed by atoms with Gasteiger partial charge in [-0.3, -0.25) is 9.78 Å². The molecule has 0 saturated heterocycles. The van der Waals surface area contributed by atoms with Gasteiger partial charge in [0.05, 0.1) is 13.0 Å². The number of carbonyl (C=O) groups is 1. The maximum Gasteiger partial charge on any atom is 0.224 e. The smallest absolute Gasteiger partial charge is 0.224 e. The van der Waals surface area contributed by atoms with Crippen LogP contribution in [0, 0.1) is 0 Å². The first-order chi connectivity index (χ1) is 14.3. The van der Waals surface area contributed by atoms with Crippen LogP contribution in [0.5, 0.6) is 5.75 Å². The van der Waals surface area contributed by atoms with E-state index in [2.05, 4.69) is 33.5 Å². The van der Waals surface area contributed by atoms with Gasteiger partial charge in [-0.1, -0.05) is 36.4 Å². The van der Waals surface area contributed by atoms with Crippen molar-refractivity contribution in [2.24, 2.45) is 0 Å². The Morgan fingerprint density at radius 3 is 2.86 bits per heavy atom. The van der Waals surface area contributed by atoms with E-state index < -0.39 is 0 Å². The van der Waals surface area contributed by atoms with Crippen LogP contribution in [0.4, 0.5) is 0 Å². The Morgan fingerprint density at radius 2 is 1.97 bits per heavy atom. The van der Waals surface area contributed by atoms with Crippen molar-refractivity contribution >= 4 is 16.8 Å². The molecule has 2 aromatic heterocycles. The third-order valence-corrected chi connectivity index (χ3v) is 5.37. The van der Waals surface area contributed by atoms with Crippen LogP contribution in [-0.4, -0.2) is 28.5 Å². The molecule has 0 saturated carbocycles. The van der Waals surface area contributed by atoms with Crippen molar-refractivity contribution in [1.29, 1.82) is 0 Å². The summed E-state index contributed by atoms with van der Waals surface area (Å²) >= 11 is 0. The number of aromatic amines is 1. The molecule has 0 spiro atoms. The Labute approximate surface area is 168 Å². The molecule has 2 aromatic carbocycles. The Hall–Kier alpha value is -3.60. The molecule has 5 heteroatoms. The minimum atomic E-state index is -0.0556. The molecule has 0 fully saturated rings. The third kappa shape index (κ3) is 3.47. The zero-order valence-electron chi connectivity index (χ0n) is 15.9. The van der Waals surface area contributed by atoms with E-state index in [9.17, 15) is 4.79 Å². The first kappa shape index (κ1) is 17.5. The van der Waals surface area contributed by atoms with Crippen LogP contribution < -0.4 is 10.1 Å². The normalized spacial score (nSPS) is 15.1. The number of rotatable bonds is 5. The second-order valence-corrected chi connectivity index (χ2v) is 7.31. The van der Waals surface area contributed by atoms with E-state index in [1.165, 1.54) is 5.56 Å². The Kier molecular flexibility index (Phi) is 4.48. The molecular weight excluding hydrogens is 362 g/mol. The number of nitrogens with one attached hydrogen (secondary N) is 2. The predicted octanol–water partition coefficient (Wildman–Crippen LogP) is 3.89. The molecule has 5 rings (SSSR count). The number of pyridine rings is 1. The van der Waals surface area contributed by atoms with Gasteiger partial charge in [-0.2, -0.15) is 0 Å². The fourth-order valence-corrected chi connectivity index (χ4v) is 3.95. The Morgan fingerprint density at radius 1 is 1.10 bits per heavy atom. The van der Waals surface area contributed by atoms with Crippen LogP contribution in [0.25, 0.3) is 22.0 Å². The molecule has 1 aliphatic rings. The van der Waals surface area contributed by atoms with Crippen LogP contribution in [0.3, 0.4) is 0 Å². The van der Waals surface area contributed by atoms with Crippen molar-refractivity contribution in [3.63, 3.8) is 0 Å². The summed E-state index contributed by atoms with van der Waals surface area (Å²) in [6.07, 6.45) is 6.57. The highest BCUT2D eigenvalue weighted by molar-refractivity contribution is 5.88. The molecule has 0 bridgehead atoms. The second kappa shape index (κ2) is 7.43. The van der Waals surface area contributed by atoms with Gasteiger partial charge < -0.3 is 15.0 Å². The molecule has 5 nitrogen and oxygen atoms in total. The van der Waals surface area contributed by atoms with Crippen LogP contribution in [-0.2, 0) is 17.6 Å². The van der Waals surface area contributed by atoms with Crippen molar-refractivity contribution in [3.05, 3.63) is 84.3 Å². The summed E-state index contributed by atoms with van der Waals surface area (Å²) < 4.78 is 6.21. The van der Waals surface area contributed by atoms with E-state index in [1.54, 1.807) is 12.4 Å². The molecule has 0 radical (unpaired) electrons. The molecule has 2 N–H and O–H groups in total. The van der Waals surface area contributed by atoms with Gasteiger partial charge in [0.1, 0.15) is 11.9 Å². The van der Waals surface area contributed by atoms with Gasteiger partial charge in [0, 0.05) is 41.5 Å². The number of aromatic nitrogens is 2. The standard InChI is InChI=1S/C24H21N3O2/c28-23(13-18-14-26-22-7-2-1-5-20(18)22)27-15-19-12-17-4-3-6-21(24(17)29-19)16-8-10-25-11-9-16/h1-11,14,19,26H,12-13,15H2,(H,27,28)/t19-/m1/s1. The fourth-order valence-electron chi connectivity index (χ4n) is 3.95. The first-order valence-electron chi connectivity index (χ1n) is 9.78. The van der Waals surface area contributed by atoms with E-state index in [1.807, 2.05) is 42.6 Å². The van der Waals surface area contributed by atoms with Gasteiger partial charge in [0.15, 0.2) is 0 Å². The summed E-state index contributed by atoms with van der Waals surface area (Å²) in [5.41, 5.74) is 5.38. The molecule has 1 amide bonds. The maximum absolute atomic E-state index is 12.5. The minimum absolute atomic E-state index is 0.00339. The number of amides is 1. The number of ether oxygens (including phenoxy) is 1. The predicted molar refractivity (Wildman–Crippen MR) is 113 cm³/mol. The minimum Gasteiger partial charge on any atom is -0.487 e. The largest absolute Gasteiger partial charge is 0.487 e. The second-order valence-electron chi connectivity index (χ2n) is 7.31. The topological polar surface area (TPSA) is 67.0 Å². The van der Waals surface area contributed by atoms with Crippen molar-refractivity contribution in [1.82, 2.24) is 15.3 Å². The summed E-state index contributed by atoms with van der Waals surface area (Å²) in [6, 6.07) is 18.2. The zero-order valence-corrected chi connectivity index (χ0v) is 15.9. The van der Waals surface area contributed by atoms with Crippen molar-refractivity contribution in [3.8, 4) is 16.9 Å². The lowest BCUT2D eigenvalue weighted by atomic mass is 10.0. The lowest BCUT2D eigenvalue weighted by Gasteiger charge is -2.13. The van der Waals surface area contributed by atoms with Gasteiger partial charge in [-0.15, -0.1) is 0 Å². The summed E-state index contributed by atoms with van der Waals surface area (Å²) in [5.74, 6) is 0.915. The summed E-state index contributed by atoms with van der Waals surface area (Å²) in [7, 11) is 0. The molecule has 144 valence electrons. The zero-order chi connectivity index (χ0) is 19.6. The summed E-state index contributed by atoms with van der Waals surface area (Å²) in [5, 5.41) is 4.13. The number of fused-ring (bicyclic) bond motifs is 2. The van der Waals surface area contributed by atoms with E-state index in [-0.39, 0.29) is 12.0 Å². The van der Waals surface area contributed by atoms with Gasteiger partial charge in [-0.25, -0.2) is 0 Å². The SMILES string of the molecule is O=C(Cc1c[nH]c2ccccc12)NC[C@H]1Cc2cccc(-c3ccncc3)c2O1. The highest BCUT2D eigenvalue weighted by Crippen LogP contribution is 2.38. The quantitative estimate of drug-likeness (QED) is 0.549. The van der Waals surface area contributed by atoms with Crippen molar-refractivity contribution in [2.45, 2.75) is 18.9 Å². The van der Waals surface area contributed by atoms with Gasteiger partial charge in [0.2, 0.25) is 5.91 Å². The molecule has 3 heterocycles. The number of para-hydroxylation sites is 2. The van der Waals surface area contributed by atoms with E-state index >= 15 is 0 Å². The maximum atomic E-state index is 12.5. The first-order valence-corrected chi connectivity index (χ1v) is 9.78. The molecular formula is C24H21N3O2. The molecule has 1 atom stereocenters. The number of nitrogens with zero attached hydrogens (tertiary/aromatic N) is 1. The number of hydrogen-bond donors (Lipinski definition) is 2. The van der Waals surface area contributed by atoms with E-state index in [0.717, 1.165) is 39.8 Å². The van der Waals surface area contributed by atoms with Crippen LogP contribution in [0.15, 0.2) is 73.2 Å². The number of H-pyrrole nitrogens is 1. The fraction of sp³-hybridized carbons (Fsp3) is 0.167. The molecule has 0 unspecified atom stereocenters. The highest BCUT2D eigenvalue weighted by Gasteiger charge is 2.26.